The molecule has 4 unspecified atom stereocenters. The van der Waals surface area contributed by atoms with Crippen molar-refractivity contribution in [2.45, 2.75) is 62.7 Å². The minimum atomic E-state index is -1.18. The molecule has 1 aromatic rings. The van der Waals surface area contributed by atoms with E-state index in [1.54, 1.807) is 0 Å². The zero-order chi connectivity index (χ0) is 28.1. The highest BCUT2D eigenvalue weighted by molar-refractivity contribution is 7.98. The van der Waals surface area contributed by atoms with E-state index in [4.69, 9.17) is 17.2 Å². The maximum Gasteiger partial charge on any atom is 0.326 e. The first-order chi connectivity index (χ1) is 18.1. The fraction of sp³-hybridized carbons (Fsp3) is 0.560. The summed E-state index contributed by atoms with van der Waals surface area (Å²) in [4.78, 5) is 56.3. The van der Waals surface area contributed by atoms with Gasteiger partial charge in [0.05, 0.1) is 6.04 Å². The number of nitrogens with two attached hydrogens (primary N) is 3. The molecule has 1 aliphatic rings. The Bertz CT molecular complexity index is 974. The Labute approximate surface area is 227 Å². The molecule has 210 valence electrons. The molecular formula is C25H39N7O5S. The first-order valence-corrected chi connectivity index (χ1v) is 14.0. The van der Waals surface area contributed by atoms with Gasteiger partial charge in [0.1, 0.15) is 18.1 Å². The molecule has 0 bridgehead atoms. The molecule has 0 aromatic heterocycles. The van der Waals surface area contributed by atoms with Gasteiger partial charge in [-0.2, -0.15) is 11.8 Å². The largest absolute Gasteiger partial charge is 0.480 e. The summed E-state index contributed by atoms with van der Waals surface area (Å²) in [7, 11) is 0. The fourth-order valence-electron chi connectivity index (χ4n) is 4.26. The SMILES string of the molecule is CSCCC(NC(=O)C(N)Cc1ccccc1)C(=O)N1CCCC1C(=O)NC(CCCN=C(N)N)C(=O)O. The second-order valence-electron chi connectivity index (χ2n) is 9.18. The third kappa shape index (κ3) is 9.86. The minimum absolute atomic E-state index is 0.0924. The fourth-order valence-corrected chi connectivity index (χ4v) is 4.74. The summed E-state index contributed by atoms with van der Waals surface area (Å²) in [5, 5.41) is 14.9. The highest BCUT2D eigenvalue weighted by atomic mass is 32.2. The molecule has 1 aliphatic heterocycles. The molecule has 0 aliphatic carbocycles. The number of carboxylic acid groups (broad SMARTS) is 1. The van der Waals surface area contributed by atoms with E-state index < -0.39 is 42.0 Å². The van der Waals surface area contributed by atoms with Crippen molar-refractivity contribution in [2.75, 3.05) is 25.1 Å². The summed E-state index contributed by atoms with van der Waals surface area (Å²) >= 11 is 1.54. The van der Waals surface area contributed by atoms with Crippen LogP contribution in [-0.2, 0) is 25.6 Å². The number of guanidine groups is 1. The molecule has 38 heavy (non-hydrogen) atoms. The van der Waals surface area contributed by atoms with E-state index in [1.165, 1.54) is 16.7 Å². The van der Waals surface area contributed by atoms with Gasteiger partial charge in [-0.1, -0.05) is 30.3 Å². The van der Waals surface area contributed by atoms with Gasteiger partial charge in [0.2, 0.25) is 17.7 Å². The highest BCUT2D eigenvalue weighted by Gasteiger charge is 2.39. The smallest absolute Gasteiger partial charge is 0.326 e. The number of aliphatic carboxylic acids is 1. The molecule has 13 heteroatoms. The van der Waals surface area contributed by atoms with E-state index in [-0.39, 0.29) is 24.8 Å². The number of nitrogens with zero attached hydrogens (tertiary/aromatic N) is 2. The summed E-state index contributed by atoms with van der Waals surface area (Å²) in [6.45, 7) is 0.570. The number of hydrogen-bond donors (Lipinski definition) is 6. The lowest BCUT2D eigenvalue weighted by atomic mass is 10.0. The number of nitrogens with one attached hydrogen (secondary N) is 2. The number of rotatable bonds is 15. The van der Waals surface area contributed by atoms with Crippen LogP contribution < -0.4 is 27.8 Å². The van der Waals surface area contributed by atoms with Crippen molar-refractivity contribution < 1.29 is 24.3 Å². The monoisotopic (exact) mass is 549 g/mol. The maximum absolute atomic E-state index is 13.5. The van der Waals surface area contributed by atoms with Crippen LogP contribution >= 0.6 is 11.8 Å². The van der Waals surface area contributed by atoms with Crippen LogP contribution in [0.25, 0.3) is 0 Å². The van der Waals surface area contributed by atoms with E-state index in [9.17, 15) is 24.3 Å². The van der Waals surface area contributed by atoms with Crippen LogP contribution in [0.2, 0.25) is 0 Å². The Balaban J connectivity index is 2.04. The highest BCUT2D eigenvalue weighted by Crippen LogP contribution is 2.20. The predicted octanol–water partition coefficient (Wildman–Crippen LogP) is -0.592. The van der Waals surface area contributed by atoms with Crippen LogP contribution in [-0.4, -0.2) is 88.9 Å². The van der Waals surface area contributed by atoms with E-state index in [0.717, 1.165) is 5.56 Å². The van der Waals surface area contributed by atoms with Crippen LogP contribution in [0, 0.1) is 0 Å². The lowest BCUT2D eigenvalue weighted by molar-refractivity contribution is -0.145. The molecule has 2 rings (SSSR count). The quantitative estimate of drug-likeness (QED) is 0.0937. The molecule has 1 aromatic carbocycles. The Morgan fingerprint density at radius 1 is 1.13 bits per heavy atom. The number of amides is 3. The number of likely N-dealkylation sites (tertiary alicyclic amines) is 1. The van der Waals surface area contributed by atoms with E-state index in [2.05, 4.69) is 15.6 Å². The number of thioether (sulfide) groups is 1. The normalized spacial score (nSPS) is 17.2. The van der Waals surface area contributed by atoms with Crippen molar-refractivity contribution in [1.29, 1.82) is 0 Å². The van der Waals surface area contributed by atoms with Crippen LogP contribution in [0.4, 0.5) is 0 Å². The first-order valence-electron chi connectivity index (χ1n) is 12.6. The number of carbonyl (C=O) groups is 4. The van der Waals surface area contributed by atoms with E-state index in [0.29, 0.717) is 44.4 Å². The topological polar surface area (TPSA) is 206 Å². The second-order valence-corrected chi connectivity index (χ2v) is 10.2. The zero-order valence-electron chi connectivity index (χ0n) is 21.7. The molecule has 1 heterocycles. The summed E-state index contributed by atoms with van der Waals surface area (Å²) in [6.07, 6.45) is 4.06. The van der Waals surface area contributed by atoms with Gasteiger partial charge in [-0.05, 0) is 56.1 Å². The van der Waals surface area contributed by atoms with Crippen LogP contribution in [0.1, 0.15) is 37.7 Å². The Kier molecular flexibility index (Phi) is 12.9. The average molecular weight is 550 g/mol. The molecule has 1 saturated heterocycles. The number of aliphatic imine (C=N–C) groups is 1. The Morgan fingerprint density at radius 2 is 1.84 bits per heavy atom. The van der Waals surface area contributed by atoms with Crippen molar-refractivity contribution in [2.24, 2.45) is 22.2 Å². The number of carbonyl (C=O) groups excluding carboxylic acids is 3. The molecule has 3 amide bonds. The van der Waals surface area contributed by atoms with Crippen molar-refractivity contribution in [3.63, 3.8) is 0 Å². The second kappa shape index (κ2) is 15.8. The lowest BCUT2D eigenvalue weighted by Gasteiger charge is -2.30. The van der Waals surface area contributed by atoms with E-state index in [1.807, 2.05) is 36.6 Å². The molecule has 0 spiro atoms. The van der Waals surface area contributed by atoms with Crippen LogP contribution in [0.5, 0.6) is 0 Å². The molecular weight excluding hydrogens is 510 g/mol. The molecule has 4 atom stereocenters. The van der Waals surface area contributed by atoms with E-state index >= 15 is 0 Å². The number of hydrogen-bond acceptors (Lipinski definition) is 7. The molecule has 1 fully saturated rings. The third-order valence-electron chi connectivity index (χ3n) is 6.26. The van der Waals surface area contributed by atoms with Crippen molar-refractivity contribution in [1.82, 2.24) is 15.5 Å². The molecule has 0 radical (unpaired) electrons. The van der Waals surface area contributed by atoms with Gasteiger partial charge >= 0.3 is 5.97 Å². The third-order valence-corrected chi connectivity index (χ3v) is 6.90. The van der Waals surface area contributed by atoms with Gasteiger partial charge in [-0.15, -0.1) is 0 Å². The van der Waals surface area contributed by atoms with Crippen molar-refractivity contribution in [3.8, 4) is 0 Å². The molecule has 9 N–H and O–H groups in total. The number of benzene rings is 1. The zero-order valence-corrected chi connectivity index (χ0v) is 22.5. The summed E-state index contributed by atoms with van der Waals surface area (Å²) in [6, 6.07) is 5.70. The summed E-state index contributed by atoms with van der Waals surface area (Å²) in [5.41, 5.74) is 17.6. The maximum atomic E-state index is 13.5. The average Bonchev–Trinajstić information content (AvgIpc) is 3.38. The summed E-state index contributed by atoms with van der Waals surface area (Å²) < 4.78 is 0. The summed E-state index contributed by atoms with van der Waals surface area (Å²) in [5.74, 6) is -2.02. The van der Waals surface area contributed by atoms with Crippen LogP contribution in [0.15, 0.2) is 35.3 Å². The van der Waals surface area contributed by atoms with Gasteiger partial charge in [0, 0.05) is 13.1 Å². The predicted molar refractivity (Wildman–Crippen MR) is 147 cm³/mol. The van der Waals surface area contributed by atoms with Gasteiger partial charge in [-0.3, -0.25) is 19.4 Å². The number of carboxylic acids is 1. The van der Waals surface area contributed by atoms with Crippen LogP contribution in [0.3, 0.4) is 0 Å². The lowest BCUT2D eigenvalue weighted by Crippen LogP contribution is -2.57. The van der Waals surface area contributed by atoms with Gasteiger partial charge in [-0.25, -0.2) is 4.79 Å². The standard InChI is InChI=1S/C25H39N7O5S/c1-38-14-11-18(30-21(33)17(26)15-16-7-3-2-4-8-16)23(35)32-13-6-10-20(32)22(34)31-19(24(36)37)9-5-12-29-25(27)28/h2-4,7-8,17-20H,5-6,9-15,26H2,1H3,(H,30,33)(H,31,34)(H,36,37)(H4,27,28,29). The molecule has 0 saturated carbocycles. The van der Waals surface area contributed by atoms with Crippen molar-refractivity contribution in [3.05, 3.63) is 35.9 Å². The minimum Gasteiger partial charge on any atom is -0.480 e. The first kappa shape index (κ1) is 30.9. The Morgan fingerprint density at radius 3 is 2.47 bits per heavy atom. The van der Waals surface area contributed by atoms with Crippen molar-refractivity contribution >= 4 is 41.4 Å². The molecule has 12 nitrogen and oxygen atoms in total. The van der Waals surface area contributed by atoms with Gasteiger partial charge < -0.3 is 37.8 Å². The van der Waals surface area contributed by atoms with Gasteiger partial charge in [0.15, 0.2) is 5.96 Å². The Hall–Kier alpha value is -3.32. The van der Waals surface area contributed by atoms with Gasteiger partial charge in [0.25, 0.3) is 0 Å².